The Morgan fingerprint density at radius 2 is 2.16 bits per heavy atom. The van der Waals surface area contributed by atoms with Crippen molar-refractivity contribution in [3.8, 4) is 5.75 Å². The molecular weight excluding hydrogens is 244 g/mol. The van der Waals surface area contributed by atoms with Crippen LogP contribution >= 0.6 is 0 Å². The molecule has 0 atom stereocenters. The average molecular weight is 262 g/mol. The number of hydrogen-bond acceptors (Lipinski definition) is 3. The molecule has 2 rings (SSSR count). The van der Waals surface area contributed by atoms with Gasteiger partial charge in [0.2, 0.25) is 11.8 Å². The molecule has 102 valence electrons. The first-order valence-electron chi connectivity index (χ1n) is 6.32. The first kappa shape index (κ1) is 13.4. The molecule has 0 fully saturated rings. The number of ether oxygens (including phenoxy) is 1. The van der Waals surface area contributed by atoms with Crippen molar-refractivity contribution in [2.75, 3.05) is 13.7 Å². The number of carbonyl (C=O) groups excluding carboxylic acids is 2. The lowest BCUT2D eigenvalue weighted by molar-refractivity contribution is -0.133. The van der Waals surface area contributed by atoms with E-state index in [1.54, 1.807) is 12.0 Å². The summed E-state index contributed by atoms with van der Waals surface area (Å²) in [6.07, 6.45) is 1.10. The fourth-order valence-electron chi connectivity index (χ4n) is 2.34. The van der Waals surface area contributed by atoms with E-state index in [4.69, 9.17) is 10.5 Å². The Morgan fingerprint density at radius 1 is 1.37 bits per heavy atom. The van der Waals surface area contributed by atoms with Gasteiger partial charge in [-0.05, 0) is 18.1 Å². The summed E-state index contributed by atoms with van der Waals surface area (Å²) in [6, 6.07) is 5.92. The molecule has 19 heavy (non-hydrogen) atoms. The van der Waals surface area contributed by atoms with Crippen LogP contribution in [-0.4, -0.2) is 30.4 Å². The van der Waals surface area contributed by atoms with Crippen LogP contribution in [0.2, 0.25) is 0 Å². The number of methoxy groups -OCH3 is 1. The van der Waals surface area contributed by atoms with Crippen molar-refractivity contribution in [3.63, 3.8) is 0 Å². The van der Waals surface area contributed by atoms with Gasteiger partial charge in [-0.25, -0.2) is 0 Å². The van der Waals surface area contributed by atoms with Crippen molar-refractivity contribution in [1.29, 1.82) is 0 Å². The van der Waals surface area contributed by atoms with E-state index >= 15 is 0 Å². The summed E-state index contributed by atoms with van der Waals surface area (Å²) in [5.74, 6) is 0.337. The molecule has 0 saturated carbocycles. The third-order valence-electron chi connectivity index (χ3n) is 3.39. The Bertz CT molecular complexity index is 485. The van der Waals surface area contributed by atoms with E-state index < -0.39 is 5.91 Å². The second-order valence-electron chi connectivity index (χ2n) is 4.63. The summed E-state index contributed by atoms with van der Waals surface area (Å²) in [5, 5.41) is 0. The molecular formula is C14H18N2O3. The number of hydrogen-bond donors (Lipinski definition) is 1. The van der Waals surface area contributed by atoms with Gasteiger partial charge in [0.05, 0.1) is 7.11 Å². The molecule has 1 aromatic carbocycles. The Hall–Kier alpha value is -2.04. The minimum atomic E-state index is -0.441. The predicted molar refractivity (Wildman–Crippen MR) is 70.5 cm³/mol. The number of nitrogens with zero attached hydrogens (tertiary/aromatic N) is 1. The van der Waals surface area contributed by atoms with Crippen molar-refractivity contribution in [3.05, 3.63) is 29.3 Å². The number of nitrogens with two attached hydrogens (primary N) is 1. The van der Waals surface area contributed by atoms with Crippen LogP contribution < -0.4 is 10.5 Å². The molecule has 0 spiro atoms. The SMILES string of the molecule is COc1cccc2c1CN(C(=O)CCC(N)=O)CC2. The number of carbonyl (C=O) groups is 2. The van der Waals surface area contributed by atoms with Gasteiger partial charge in [-0.2, -0.15) is 0 Å². The van der Waals surface area contributed by atoms with Gasteiger partial charge in [-0.1, -0.05) is 12.1 Å². The third kappa shape index (κ3) is 3.05. The molecule has 0 bridgehead atoms. The number of fused-ring (bicyclic) bond motifs is 1. The maximum absolute atomic E-state index is 12.0. The van der Waals surface area contributed by atoms with Gasteiger partial charge in [0, 0.05) is 31.5 Å². The molecule has 0 aromatic heterocycles. The van der Waals surface area contributed by atoms with Gasteiger partial charge in [-0.15, -0.1) is 0 Å². The topological polar surface area (TPSA) is 72.6 Å². The molecule has 1 aliphatic heterocycles. The molecule has 1 aromatic rings. The Labute approximate surface area is 112 Å². The number of amides is 2. The maximum Gasteiger partial charge on any atom is 0.223 e. The molecule has 0 aliphatic carbocycles. The Balaban J connectivity index is 2.08. The van der Waals surface area contributed by atoms with Crippen molar-refractivity contribution < 1.29 is 14.3 Å². The van der Waals surface area contributed by atoms with Crippen LogP contribution in [0.1, 0.15) is 24.0 Å². The highest BCUT2D eigenvalue weighted by Gasteiger charge is 2.23. The number of benzene rings is 1. The van der Waals surface area contributed by atoms with Crippen molar-refractivity contribution in [2.24, 2.45) is 5.73 Å². The third-order valence-corrected chi connectivity index (χ3v) is 3.39. The van der Waals surface area contributed by atoms with Crippen LogP contribution in [0.3, 0.4) is 0 Å². The predicted octanol–water partition coefficient (Wildman–Crippen LogP) is 0.845. The van der Waals surface area contributed by atoms with Gasteiger partial charge < -0.3 is 15.4 Å². The molecule has 0 radical (unpaired) electrons. The van der Waals surface area contributed by atoms with Crippen LogP contribution in [-0.2, 0) is 22.6 Å². The number of rotatable bonds is 4. The lowest BCUT2D eigenvalue weighted by Crippen LogP contribution is -2.36. The standard InChI is InChI=1S/C14H18N2O3/c1-19-12-4-2-3-10-7-8-16(9-11(10)12)14(18)6-5-13(15)17/h2-4H,5-9H2,1H3,(H2,15,17). The van der Waals surface area contributed by atoms with E-state index in [-0.39, 0.29) is 18.7 Å². The van der Waals surface area contributed by atoms with Gasteiger partial charge in [0.25, 0.3) is 0 Å². The van der Waals surface area contributed by atoms with Crippen LogP contribution in [0.5, 0.6) is 5.75 Å². The minimum Gasteiger partial charge on any atom is -0.496 e. The quantitative estimate of drug-likeness (QED) is 0.874. The first-order chi connectivity index (χ1) is 9.11. The highest BCUT2D eigenvalue weighted by Crippen LogP contribution is 2.28. The molecule has 1 aliphatic rings. The van der Waals surface area contributed by atoms with Crippen molar-refractivity contribution in [2.45, 2.75) is 25.8 Å². The summed E-state index contributed by atoms with van der Waals surface area (Å²) < 4.78 is 5.33. The zero-order valence-corrected chi connectivity index (χ0v) is 11.0. The first-order valence-corrected chi connectivity index (χ1v) is 6.32. The molecule has 2 amide bonds. The zero-order valence-electron chi connectivity index (χ0n) is 11.0. The van der Waals surface area contributed by atoms with Gasteiger partial charge in [-0.3, -0.25) is 9.59 Å². The van der Waals surface area contributed by atoms with E-state index in [1.807, 2.05) is 12.1 Å². The molecule has 2 N–H and O–H groups in total. The number of primary amides is 1. The summed E-state index contributed by atoms with van der Waals surface area (Å²) in [7, 11) is 1.63. The summed E-state index contributed by atoms with van der Waals surface area (Å²) in [6.45, 7) is 1.22. The summed E-state index contributed by atoms with van der Waals surface area (Å²) in [5.41, 5.74) is 7.34. The van der Waals surface area contributed by atoms with E-state index in [0.29, 0.717) is 13.1 Å². The van der Waals surface area contributed by atoms with Crippen LogP contribution in [0, 0.1) is 0 Å². The smallest absolute Gasteiger partial charge is 0.223 e. The van der Waals surface area contributed by atoms with E-state index in [9.17, 15) is 9.59 Å². The monoisotopic (exact) mass is 262 g/mol. The molecule has 5 heteroatoms. The summed E-state index contributed by atoms with van der Waals surface area (Å²) in [4.78, 5) is 24.5. The van der Waals surface area contributed by atoms with Crippen molar-refractivity contribution in [1.82, 2.24) is 4.90 Å². The van der Waals surface area contributed by atoms with E-state index in [2.05, 4.69) is 6.07 Å². The van der Waals surface area contributed by atoms with Crippen LogP contribution in [0.4, 0.5) is 0 Å². The normalized spacial score (nSPS) is 13.8. The highest BCUT2D eigenvalue weighted by molar-refractivity contribution is 5.83. The lowest BCUT2D eigenvalue weighted by atomic mass is 9.98. The maximum atomic E-state index is 12.0. The van der Waals surface area contributed by atoms with Crippen molar-refractivity contribution >= 4 is 11.8 Å². The molecule has 1 heterocycles. The van der Waals surface area contributed by atoms with Gasteiger partial charge in [0.1, 0.15) is 5.75 Å². The minimum absolute atomic E-state index is 0.0321. The Morgan fingerprint density at radius 3 is 2.84 bits per heavy atom. The fraction of sp³-hybridized carbons (Fsp3) is 0.429. The van der Waals surface area contributed by atoms with Gasteiger partial charge >= 0.3 is 0 Å². The van der Waals surface area contributed by atoms with Crippen LogP contribution in [0.15, 0.2) is 18.2 Å². The molecule has 0 unspecified atom stereocenters. The van der Waals surface area contributed by atoms with E-state index in [1.165, 1.54) is 5.56 Å². The largest absolute Gasteiger partial charge is 0.496 e. The fourth-order valence-corrected chi connectivity index (χ4v) is 2.34. The molecule has 5 nitrogen and oxygen atoms in total. The van der Waals surface area contributed by atoms with Gasteiger partial charge in [0.15, 0.2) is 0 Å². The second kappa shape index (κ2) is 5.73. The zero-order chi connectivity index (χ0) is 13.8. The summed E-state index contributed by atoms with van der Waals surface area (Å²) >= 11 is 0. The Kier molecular flexibility index (Phi) is 4.04. The lowest BCUT2D eigenvalue weighted by Gasteiger charge is -2.30. The van der Waals surface area contributed by atoms with Crippen LogP contribution in [0.25, 0.3) is 0 Å². The highest BCUT2D eigenvalue weighted by atomic mass is 16.5. The second-order valence-corrected chi connectivity index (χ2v) is 4.63. The molecule has 0 saturated heterocycles. The average Bonchev–Trinajstić information content (AvgIpc) is 2.43. The van der Waals surface area contributed by atoms with E-state index in [0.717, 1.165) is 17.7 Å².